The Bertz CT molecular complexity index is 1160. The molecule has 2 N–H and O–H groups in total. The number of urea groups is 1. The summed E-state index contributed by atoms with van der Waals surface area (Å²) in [5, 5.41) is 6.10. The van der Waals surface area contributed by atoms with Gasteiger partial charge in [0.1, 0.15) is 0 Å². The lowest BCUT2D eigenvalue weighted by Gasteiger charge is -2.11. The summed E-state index contributed by atoms with van der Waals surface area (Å²) in [5.74, 6) is 0.370. The number of rotatable bonds is 3. The molecular formula is C22H17ClN4O. The molecule has 0 spiro atoms. The SMILES string of the molecule is Cc1c(Cl)cccc1NC(=O)Nc1cnc2ccc(-c3ccccc3)cc2n1. The fourth-order valence-electron chi connectivity index (χ4n) is 2.89. The van der Waals surface area contributed by atoms with E-state index in [0.717, 1.165) is 22.2 Å². The molecular weight excluding hydrogens is 372 g/mol. The molecule has 3 aromatic carbocycles. The number of fused-ring (bicyclic) bond motifs is 1. The van der Waals surface area contributed by atoms with E-state index in [9.17, 15) is 4.79 Å². The molecule has 0 unspecified atom stereocenters. The molecule has 6 heteroatoms. The van der Waals surface area contributed by atoms with Crippen LogP contribution < -0.4 is 10.6 Å². The van der Waals surface area contributed by atoms with Crippen LogP contribution in [0.15, 0.2) is 72.9 Å². The van der Waals surface area contributed by atoms with Gasteiger partial charge in [-0.3, -0.25) is 10.3 Å². The van der Waals surface area contributed by atoms with E-state index < -0.39 is 6.03 Å². The number of amides is 2. The molecule has 0 fully saturated rings. The van der Waals surface area contributed by atoms with Gasteiger partial charge in [0.15, 0.2) is 5.82 Å². The van der Waals surface area contributed by atoms with Crippen molar-refractivity contribution in [2.45, 2.75) is 6.92 Å². The fraction of sp³-hybridized carbons (Fsp3) is 0.0455. The summed E-state index contributed by atoms with van der Waals surface area (Å²) in [4.78, 5) is 21.2. The number of carbonyl (C=O) groups excluding carboxylic acids is 1. The Morgan fingerprint density at radius 3 is 2.54 bits per heavy atom. The van der Waals surface area contributed by atoms with Gasteiger partial charge in [-0.25, -0.2) is 9.78 Å². The number of carbonyl (C=O) groups is 1. The Balaban J connectivity index is 1.57. The van der Waals surface area contributed by atoms with Crippen LogP contribution in [0.25, 0.3) is 22.2 Å². The van der Waals surface area contributed by atoms with Gasteiger partial charge in [0, 0.05) is 10.7 Å². The zero-order valence-electron chi connectivity index (χ0n) is 15.1. The van der Waals surface area contributed by atoms with Crippen LogP contribution in [-0.4, -0.2) is 16.0 Å². The molecule has 4 rings (SSSR count). The monoisotopic (exact) mass is 388 g/mol. The zero-order valence-corrected chi connectivity index (χ0v) is 15.9. The van der Waals surface area contributed by atoms with E-state index in [1.807, 2.05) is 55.5 Å². The number of hydrogen-bond donors (Lipinski definition) is 2. The molecule has 0 radical (unpaired) electrons. The smallest absolute Gasteiger partial charge is 0.307 e. The minimum atomic E-state index is -0.404. The number of anilines is 2. The summed E-state index contributed by atoms with van der Waals surface area (Å²) in [7, 11) is 0. The lowest BCUT2D eigenvalue weighted by Crippen LogP contribution is -2.20. The molecule has 0 saturated carbocycles. The third kappa shape index (κ3) is 3.80. The molecule has 5 nitrogen and oxygen atoms in total. The summed E-state index contributed by atoms with van der Waals surface area (Å²) in [6.07, 6.45) is 1.54. The fourth-order valence-corrected chi connectivity index (χ4v) is 3.07. The molecule has 0 aliphatic carbocycles. The van der Waals surface area contributed by atoms with Gasteiger partial charge in [-0.05, 0) is 47.9 Å². The highest BCUT2D eigenvalue weighted by atomic mass is 35.5. The molecule has 138 valence electrons. The summed E-state index contributed by atoms with van der Waals surface area (Å²) >= 11 is 6.09. The van der Waals surface area contributed by atoms with E-state index in [4.69, 9.17) is 11.6 Å². The molecule has 0 saturated heterocycles. The summed E-state index contributed by atoms with van der Waals surface area (Å²) < 4.78 is 0. The highest BCUT2D eigenvalue weighted by molar-refractivity contribution is 6.31. The first-order chi connectivity index (χ1) is 13.6. The van der Waals surface area contributed by atoms with Gasteiger partial charge in [0.05, 0.1) is 17.2 Å². The number of aromatic nitrogens is 2. The van der Waals surface area contributed by atoms with Crippen LogP contribution in [0.2, 0.25) is 5.02 Å². The van der Waals surface area contributed by atoms with Crippen LogP contribution >= 0.6 is 11.6 Å². The van der Waals surface area contributed by atoms with Crippen molar-refractivity contribution in [3.63, 3.8) is 0 Å². The minimum Gasteiger partial charge on any atom is -0.307 e. The topological polar surface area (TPSA) is 66.9 Å². The van der Waals surface area contributed by atoms with Crippen molar-refractivity contribution >= 4 is 40.2 Å². The molecule has 1 aromatic heterocycles. The lowest BCUT2D eigenvalue weighted by molar-refractivity contribution is 0.262. The van der Waals surface area contributed by atoms with Crippen molar-refractivity contribution in [1.29, 1.82) is 0 Å². The third-order valence-electron chi connectivity index (χ3n) is 4.41. The van der Waals surface area contributed by atoms with Crippen molar-refractivity contribution in [3.05, 3.63) is 83.5 Å². The van der Waals surface area contributed by atoms with Gasteiger partial charge in [0.25, 0.3) is 0 Å². The van der Waals surface area contributed by atoms with Gasteiger partial charge in [-0.1, -0.05) is 54.1 Å². The molecule has 0 aliphatic heterocycles. The second kappa shape index (κ2) is 7.66. The van der Waals surface area contributed by atoms with Crippen molar-refractivity contribution in [1.82, 2.24) is 9.97 Å². The van der Waals surface area contributed by atoms with Crippen molar-refractivity contribution in [2.24, 2.45) is 0 Å². The first-order valence-electron chi connectivity index (χ1n) is 8.75. The van der Waals surface area contributed by atoms with Crippen LogP contribution in [-0.2, 0) is 0 Å². The van der Waals surface area contributed by atoms with Crippen molar-refractivity contribution < 1.29 is 4.79 Å². The standard InChI is InChI=1S/C22H17ClN4O/c1-14-17(23)8-5-9-18(14)26-22(28)27-21-13-24-19-11-10-16(12-20(19)25-21)15-6-3-2-4-7-15/h2-13H,1H3,(H2,25,26,27,28). The number of hydrogen-bond acceptors (Lipinski definition) is 3. The Hall–Kier alpha value is -3.44. The molecule has 0 atom stereocenters. The van der Waals surface area contributed by atoms with E-state index in [0.29, 0.717) is 22.0 Å². The maximum absolute atomic E-state index is 12.3. The van der Waals surface area contributed by atoms with E-state index >= 15 is 0 Å². The van der Waals surface area contributed by atoms with Crippen LogP contribution in [0.4, 0.5) is 16.3 Å². The molecule has 0 aliphatic rings. The van der Waals surface area contributed by atoms with Crippen LogP contribution in [0.5, 0.6) is 0 Å². The number of halogens is 1. The second-order valence-corrected chi connectivity index (χ2v) is 6.72. The van der Waals surface area contributed by atoms with Crippen molar-refractivity contribution in [2.75, 3.05) is 10.6 Å². The Kier molecular flexibility index (Phi) is 4.91. The minimum absolute atomic E-state index is 0.370. The van der Waals surface area contributed by atoms with Gasteiger partial charge < -0.3 is 5.32 Å². The third-order valence-corrected chi connectivity index (χ3v) is 4.82. The van der Waals surface area contributed by atoms with Gasteiger partial charge in [-0.2, -0.15) is 0 Å². The second-order valence-electron chi connectivity index (χ2n) is 6.32. The molecule has 2 amide bonds. The molecule has 0 bridgehead atoms. The van der Waals surface area contributed by atoms with Crippen LogP contribution in [0.3, 0.4) is 0 Å². The van der Waals surface area contributed by atoms with Gasteiger partial charge >= 0.3 is 6.03 Å². The van der Waals surface area contributed by atoms with Gasteiger partial charge in [0.2, 0.25) is 0 Å². The average Bonchev–Trinajstić information content (AvgIpc) is 2.71. The summed E-state index contributed by atoms with van der Waals surface area (Å²) in [6.45, 7) is 1.85. The number of nitrogens with zero attached hydrogens (tertiary/aromatic N) is 2. The number of benzene rings is 3. The Morgan fingerprint density at radius 1 is 0.893 bits per heavy atom. The molecule has 1 heterocycles. The van der Waals surface area contributed by atoms with E-state index in [-0.39, 0.29) is 0 Å². The maximum Gasteiger partial charge on any atom is 0.324 e. The first-order valence-corrected chi connectivity index (χ1v) is 9.13. The first kappa shape index (κ1) is 17.9. The summed E-state index contributed by atoms with van der Waals surface area (Å²) in [5.41, 5.74) is 5.05. The quantitative estimate of drug-likeness (QED) is 0.459. The highest BCUT2D eigenvalue weighted by Gasteiger charge is 2.09. The lowest BCUT2D eigenvalue weighted by atomic mass is 10.1. The van der Waals surface area contributed by atoms with E-state index in [2.05, 4.69) is 20.6 Å². The van der Waals surface area contributed by atoms with Crippen LogP contribution in [0.1, 0.15) is 5.56 Å². The van der Waals surface area contributed by atoms with Crippen molar-refractivity contribution in [3.8, 4) is 11.1 Å². The Labute approximate surface area is 167 Å². The maximum atomic E-state index is 12.3. The predicted molar refractivity (Wildman–Crippen MR) is 114 cm³/mol. The van der Waals surface area contributed by atoms with E-state index in [1.54, 1.807) is 18.2 Å². The molecule has 28 heavy (non-hydrogen) atoms. The normalized spacial score (nSPS) is 10.6. The summed E-state index contributed by atoms with van der Waals surface area (Å²) in [6, 6.07) is 20.9. The highest BCUT2D eigenvalue weighted by Crippen LogP contribution is 2.24. The molecule has 4 aromatic rings. The Morgan fingerprint density at radius 2 is 1.71 bits per heavy atom. The predicted octanol–water partition coefficient (Wildman–Crippen LogP) is 5.90. The van der Waals surface area contributed by atoms with E-state index in [1.165, 1.54) is 6.20 Å². The number of nitrogens with one attached hydrogen (secondary N) is 2. The largest absolute Gasteiger partial charge is 0.324 e. The zero-order chi connectivity index (χ0) is 19.5. The van der Waals surface area contributed by atoms with Crippen LogP contribution in [0, 0.1) is 6.92 Å². The average molecular weight is 389 g/mol. The van der Waals surface area contributed by atoms with Gasteiger partial charge in [-0.15, -0.1) is 0 Å².